The highest BCUT2D eigenvalue weighted by atomic mass is 32.2. The summed E-state index contributed by atoms with van der Waals surface area (Å²) >= 11 is 0. The van der Waals surface area contributed by atoms with Crippen molar-refractivity contribution in [1.29, 1.82) is 0 Å². The van der Waals surface area contributed by atoms with Gasteiger partial charge in [0.25, 0.3) is 5.79 Å². The van der Waals surface area contributed by atoms with Crippen molar-refractivity contribution in [3.63, 3.8) is 0 Å². The average molecular weight is 403 g/mol. The van der Waals surface area contributed by atoms with E-state index in [1.54, 1.807) is 6.07 Å². The highest BCUT2D eigenvalue weighted by Gasteiger charge is 2.38. The molecule has 10 nitrogen and oxygen atoms in total. The summed E-state index contributed by atoms with van der Waals surface area (Å²) in [6.45, 7) is 2.88. The number of esters is 2. The van der Waals surface area contributed by atoms with E-state index in [0.717, 1.165) is 6.20 Å². The molecule has 0 atom stereocenters. The predicted molar refractivity (Wildman–Crippen MR) is 96.6 cm³/mol. The van der Waals surface area contributed by atoms with Crippen LogP contribution in [0.15, 0.2) is 59.4 Å². The fourth-order valence-corrected chi connectivity index (χ4v) is 3.05. The second kappa shape index (κ2) is 7.27. The summed E-state index contributed by atoms with van der Waals surface area (Å²) in [7, 11) is -3.99. The number of carbonyl (C=O) groups is 2. The molecule has 0 saturated carbocycles. The molecule has 1 aliphatic rings. The SMILES string of the molecule is CC1(C)OC(=O)C(=CNc2ccc(S(=O)(=O)[N-]c3ncccn3)cc2)C(=O)O1. The Morgan fingerprint density at radius 1 is 1.04 bits per heavy atom. The quantitative estimate of drug-likeness (QED) is 0.451. The maximum atomic E-state index is 12.3. The molecule has 2 heterocycles. The summed E-state index contributed by atoms with van der Waals surface area (Å²) in [5, 5.41) is 2.72. The minimum absolute atomic E-state index is 0.0728. The fourth-order valence-electron chi connectivity index (χ4n) is 2.16. The summed E-state index contributed by atoms with van der Waals surface area (Å²) in [5.74, 6) is -3.15. The molecule has 2 aromatic rings. The Bertz CT molecular complexity index is 1010. The zero-order valence-electron chi connectivity index (χ0n) is 14.8. The molecule has 1 aromatic heterocycles. The average Bonchev–Trinajstić information content (AvgIpc) is 2.61. The molecule has 28 heavy (non-hydrogen) atoms. The molecule has 0 spiro atoms. The van der Waals surface area contributed by atoms with E-state index in [1.165, 1.54) is 50.5 Å². The summed E-state index contributed by atoms with van der Waals surface area (Å²) < 4.78 is 38.0. The van der Waals surface area contributed by atoms with Gasteiger partial charge in [-0.1, -0.05) is 6.07 Å². The number of sulfonamides is 1. The normalized spacial score (nSPS) is 16.0. The Labute approximate surface area is 160 Å². The molecule has 1 aromatic carbocycles. The molecule has 11 heteroatoms. The molecule has 1 N–H and O–H groups in total. The van der Waals surface area contributed by atoms with Crippen molar-refractivity contribution in [2.75, 3.05) is 5.32 Å². The maximum Gasteiger partial charge on any atom is 0.350 e. The van der Waals surface area contributed by atoms with Crippen molar-refractivity contribution in [2.45, 2.75) is 24.5 Å². The van der Waals surface area contributed by atoms with Gasteiger partial charge < -0.3 is 24.8 Å². The van der Waals surface area contributed by atoms with Gasteiger partial charge >= 0.3 is 11.9 Å². The number of carbonyl (C=O) groups excluding carboxylic acids is 2. The van der Waals surface area contributed by atoms with Crippen LogP contribution in [0.25, 0.3) is 4.72 Å². The molecular formula is C17H15N4O6S-. The lowest BCUT2D eigenvalue weighted by Gasteiger charge is -2.29. The monoisotopic (exact) mass is 403 g/mol. The molecule has 0 unspecified atom stereocenters. The van der Waals surface area contributed by atoms with Crippen LogP contribution in [0.4, 0.5) is 11.6 Å². The van der Waals surface area contributed by atoms with Gasteiger partial charge in [-0.05, 0) is 36.7 Å². The Morgan fingerprint density at radius 2 is 1.61 bits per heavy atom. The van der Waals surface area contributed by atoms with Crippen LogP contribution in [-0.4, -0.2) is 36.1 Å². The van der Waals surface area contributed by atoms with Crippen molar-refractivity contribution in [1.82, 2.24) is 9.97 Å². The highest BCUT2D eigenvalue weighted by Crippen LogP contribution is 2.25. The third-order valence-corrected chi connectivity index (χ3v) is 4.68. The standard InChI is InChI=1S/C17H16N4O6S/c1-17(2)26-14(22)13(15(23)27-17)10-20-11-4-6-12(7-5-11)28(24,25)21-16-18-8-3-9-19-16/h3-10H,1-2H3,(H2,18,19,20,21,22,23)/p-1. The van der Waals surface area contributed by atoms with E-state index < -0.39 is 27.7 Å². The molecule has 3 rings (SSSR count). The van der Waals surface area contributed by atoms with Crippen LogP contribution in [0.5, 0.6) is 0 Å². The van der Waals surface area contributed by atoms with Crippen molar-refractivity contribution in [2.24, 2.45) is 0 Å². The van der Waals surface area contributed by atoms with Crippen LogP contribution in [0, 0.1) is 0 Å². The van der Waals surface area contributed by atoms with Crippen molar-refractivity contribution < 1.29 is 27.5 Å². The molecule has 0 radical (unpaired) electrons. The fraction of sp³-hybridized carbons (Fsp3) is 0.176. The zero-order valence-corrected chi connectivity index (χ0v) is 15.6. The number of hydrogen-bond donors (Lipinski definition) is 1. The maximum absolute atomic E-state index is 12.3. The van der Waals surface area contributed by atoms with Crippen LogP contribution in [0.1, 0.15) is 13.8 Å². The van der Waals surface area contributed by atoms with Gasteiger partial charge in [0.05, 0.1) is 4.90 Å². The topological polar surface area (TPSA) is 139 Å². The van der Waals surface area contributed by atoms with Gasteiger partial charge in [0, 0.05) is 31.7 Å². The third-order valence-electron chi connectivity index (χ3n) is 3.41. The van der Waals surface area contributed by atoms with E-state index in [9.17, 15) is 18.0 Å². The Balaban J connectivity index is 1.71. The Hall–Kier alpha value is -3.47. The van der Waals surface area contributed by atoms with Crippen LogP contribution in [0.3, 0.4) is 0 Å². The molecule has 0 aliphatic carbocycles. The lowest BCUT2D eigenvalue weighted by Crippen LogP contribution is -2.42. The van der Waals surface area contributed by atoms with Gasteiger partial charge in [-0.25, -0.2) is 18.0 Å². The van der Waals surface area contributed by atoms with Crippen LogP contribution >= 0.6 is 0 Å². The molecule has 1 saturated heterocycles. The molecule has 0 bridgehead atoms. The van der Waals surface area contributed by atoms with Crippen LogP contribution in [-0.2, 0) is 29.1 Å². The minimum atomic E-state index is -3.99. The summed E-state index contributed by atoms with van der Waals surface area (Å²) in [4.78, 5) is 31.2. The van der Waals surface area contributed by atoms with E-state index in [2.05, 4.69) is 20.0 Å². The molecule has 1 fully saturated rings. The number of benzene rings is 1. The van der Waals surface area contributed by atoms with E-state index in [4.69, 9.17) is 9.47 Å². The summed E-state index contributed by atoms with van der Waals surface area (Å²) in [5.41, 5.74) is 0.111. The van der Waals surface area contributed by atoms with Gasteiger partial charge in [-0.15, -0.1) is 0 Å². The first-order valence-electron chi connectivity index (χ1n) is 7.95. The number of ether oxygens (including phenoxy) is 2. The van der Waals surface area contributed by atoms with E-state index in [-0.39, 0.29) is 16.4 Å². The van der Waals surface area contributed by atoms with Gasteiger partial charge in [0.1, 0.15) is 0 Å². The number of rotatable bonds is 5. The molecule has 0 amide bonds. The Kier molecular flexibility index (Phi) is 5.01. The predicted octanol–water partition coefficient (Wildman–Crippen LogP) is 2.00. The first kappa shape index (κ1) is 19.3. The summed E-state index contributed by atoms with van der Waals surface area (Å²) in [6, 6.07) is 7.04. The van der Waals surface area contributed by atoms with Crippen molar-refractivity contribution in [3.8, 4) is 0 Å². The van der Waals surface area contributed by atoms with E-state index >= 15 is 0 Å². The minimum Gasteiger partial charge on any atom is -0.419 e. The van der Waals surface area contributed by atoms with Gasteiger partial charge in [0.15, 0.2) is 5.57 Å². The third kappa shape index (κ3) is 4.43. The number of nitrogens with one attached hydrogen (secondary N) is 1. The van der Waals surface area contributed by atoms with Gasteiger partial charge in [-0.2, -0.15) is 0 Å². The number of cyclic esters (lactones) is 2. The van der Waals surface area contributed by atoms with E-state index in [0.29, 0.717) is 5.69 Å². The molecule has 146 valence electrons. The number of nitrogens with zero attached hydrogens (tertiary/aromatic N) is 3. The lowest BCUT2D eigenvalue weighted by atomic mass is 10.2. The Morgan fingerprint density at radius 3 is 2.18 bits per heavy atom. The van der Waals surface area contributed by atoms with E-state index in [1.807, 2.05) is 0 Å². The highest BCUT2D eigenvalue weighted by molar-refractivity contribution is 7.94. The van der Waals surface area contributed by atoms with Crippen molar-refractivity contribution >= 4 is 33.6 Å². The van der Waals surface area contributed by atoms with Gasteiger partial charge in [-0.3, -0.25) is 4.72 Å². The van der Waals surface area contributed by atoms with Crippen LogP contribution < -0.4 is 5.32 Å². The van der Waals surface area contributed by atoms with Gasteiger partial charge in [0.2, 0.25) is 10.0 Å². The summed E-state index contributed by atoms with van der Waals surface area (Å²) in [6.07, 6.45) is 3.89. The first-order valence-corrected chi connectivity index (χ1v) is 9.39. The zero-order chi connectivity index (χ0) is 20.4. The lowest BCUT2D eigenvalue weighted by molar-refractivity contribution is -0.222. The second-order valence-electron chi connectivity index (χ2n) is 6.02. The smallest absolute Gasteiger partial charge is 0.350 e. The second-order valence-corrected chi connectivity index (χ2v) is 7.62. The van der Waals surface area contributed by atoms with Crippen LogP contribution in [0.2, 0.25) is 0 Å². The molecular weight excluding hydrogens is 388 g/mol. The van der Waals surface area contributed by atoms with Crippen molar-refractivity contribution in [3.05, 3.63) is 59.2 Å². The number of aromatic nitrogens is 2. The molecule has 1 aliphatic heterocycles. The first-order chi connectivity index (χ1) is 13.2. The largest absolute Gasteiger partial charge is 0.419 e. The number of anilines is 1. The number of hydrogen-bond acceptors (Lipinski definition) is 9.